The maximum Gasteiger partial charge on any atom is 0.266 e. The van der Waals surface area contributed by atoms with Crippen molar-refractivity contribution in [3.8, 4) is 22.6 Å². The molecule has 0 fully saturated rings. The lowest BCUT2D eigenvalue weighted by Gasteiger charge is -2.21. The molecular weight excluding hydrogens is 570 g/mol. The summed E-state index contributed by atoms with van der Waals surface area (Å²) in [4.78, 5) is 7.20. The van der Waals surface area contributed by atoms with Crippen LogP contribution in [0.15, 0.2) is 66.1 Å². The van der Waals surface area contributed by atoms with Gasteiger partial charge in [0.25, 0.3) is 10.0 Å². The van der Waals surface area contributed by atoms with E-state index in [2.05, 4.69) is 24.4 Å². The van der Waals surface area contributed by atoms with Crippen LogP contribution >= 0.6 is 23.1 Å². The van der Waals surface area contributed by atoms with E-state index in [0.717, 1.165) is 23.7 Å². The Balaban J connectivity index is 1.51. The second kappa shape index (κ2) is 10.1. The average molecular weight is 591 g/mol. The summed E-state index contributed by atoms with van der Waals surface area (Å²) in [5.41, 5.74) is 1.64. The fourth-order valence-electron chi connectivity index (χ4n) is 3.73. The van der Waals surface area contributed by atoms with Gasteiger partial charge in [-0.05, 0) is 51.1 Å². The molecule has 0 aliphatic heterocycles. The number of sulfonamides is 1. The van der Waals surface area contributed by atoms with Gasteiger partial charge in [0, 0.05) is 51.6 Å². The van der Waals surface area contributed by atoms with Crippen LogP contribution in [0.5, 0.6) is 11.5 Å². The van der Waals surface area contributed by atoms with E-state index in [1.807, 2.05) is 31.4 Å². The number of ether oxygens (including phenoxy) is 1. The van der Waals surface area contributed by atoms with Crippen molar-refractivity contribution in [2.24, 2.45) is 0 Å². The van der Waals surface area contributed by atoms with Crippen LogP contribution in [0.3, 0.4) is 0 Å². The third-order valence-corrected chi connectivity index (χ3v) is 7.64. The summed E-state index contributed by atoms with van der Waals surface area (Å²) in [6.45, 7) is 6.07. The van der Waals surface area contributed by atoms with Crippen LogP contribution in [-0.2, 0) is 10.0 Å². The van der Waals surface area contributed by atoms with E-state index in [0.29, 0.717) is 33.9 Å². The predicted molar refractivity (Wildman–Crippen MR) is 146 cm³/mol. The van der Waals surface area contributed by atoms with E-state index in [1.165, 1.54) is 6.07 Å². The van der Waals surface area contributed by atoms with E-state index >= 15 is 4.39 Å². The van der Waals surface area contributed by atoms with Gasteiger partial charge in [0.1, 0.15) is 34.3 Å². The number of fused-ring (bicyclic) bond motifs is 1. The van der Waals surface area contributed by atoms with Gasteiger partial charge in [-0.3, -0.25) is 9.12 Å². The number of hydrogen-bond acceptors (Lipinski definition) is 8. The molecule has 3 aromatic heterocycles. The molecule has 9 nitrogen and oxygen atoms in total. The Kier molecular flexibility index (Phi) is 6.91. The quantitative estimate of drug-likeness (QED) is 0.220. The molecule has 0 aliphatic rings. The first-order valence-electron chi connectivity index (χ1n) is 11.4. The normalized spacial score (nSPS) is 12.1. The lowest BCUT2D eigenvalue weighted by molar-refractivity contribution is 0.433. The topological polar surface area (TPSA) is 111 Å². The molecule has 0 spiro atoms. The van der Waals surface area contributed by atoms with Crippen molar-refractivity contribution in [3.05, 3.63) is 77.8 Å². The van der Waals surface area contributed by atoms with E-state index < -0.39 is 32.3 Å². The Hall–Kier alpha value is -3.81. The fraction of sp³-hybridized carbons (Fsp3) is 0.160. The largest absolute Gasteiger partial charge is 0.454 e. The number of anilines is 2. The van der Waals surface area contributed by atoms with E-state index in [9.17, 15) is 12.8 Å². The molecule has 0 atom stereocenters. The second-order valence-corrected chi connectivity index (χ2v) is 12.3. The first-order chi connectivity index (χ1) is 18.4. The summed E-state index contributed by atoms with van der Waals surface area (Å²) < 4.78 is 68.5. The monoisotopic (exact) mass is 590 g/mol. The SMILES string of the molecule is CC(C)(C)Nc1cnc2ccc(-c3cc(Cl)ccc3Oc3cc(F)c(S(=O)(=O)Nc4ncns4)cc3F)cn12. The van der Waals surface area contributed by atoms with Crippen LogP contribution in [-0.4, -0.2) is 32.7 Å². The number of aromatic nitrogens is 4. The third kappa shape index (κ3) is 5.79. The van der Waals surface area contributed by atoms with Gasteiger partial charge in [0.2, 0.25) is 5.13 Å². The van der Waals surface area contributed by atoms with Gasteiger partial charge in [-0.2, -0.15) is 4.37 Å². The highest BCUT2D eigenvalue weighted by atomic mass is 35.5. The number of hydrogen-bond donors (Lipinski definition) is 2. The zero-order chi connectivity index (χ0) is 27.9. The number of nitrogens with one attached hydrogen (secondary N) is 2. The Bertz CT molecular complexity index is 1790. The van der Waals surface area contributed by atoms with Gasteiger partial charge < -0.3 is 10.1 Å². The molecule has 2 N–H and O–H groups in total. The highest BCUT2D eigenvalue weighted by Gasteiger charge is 2.24. The second-order valence-electron chi connectivity index (χ2n) is 9.47. The summed E-state index contributed by atoms with van der Waals surface area (Å²) in [7, 11) is -4.46. The molecule has 5 aromatic rings. The summed E-state index contributed by atoms with van der Waals surface area (Å²) in [5, 5.41) is 3.69. The van der Waals surface area contributed by atoms with E-state index in [-0.39, 0.29) is 16.4 Å². The van der Waals surface area contributed by atoms with Crippen LogP contribution < -0.4 is 14.8 Å². The molecule has 2 aromatic carbocycles. The molecule has 0 amide bonds. The standard InChI is InChI=1S/C25H21ClF2N6O3S2/c1-25(2,3)32-23-11-29-22-7-4-14(12-34(22)23)16-8-15(26)5-6-19(16)37-20-9-18(28)21(10-17(20)27)39(35,36)33-24-30-13-31-38-24/h4-13,32H,1-3H3,(H,30,31,33). The predicted octanol–water partition coefficient (Wildman–Crippen LogP) is 6.59. The van der Waals surface area contributed by atoms with Crippen LogP contribution in [0.4, 0.5) is 19.7 Å². The Morgan fingerprint density at radius 3 is 2.54 bits per heavy atom. The molecule has 3 heterocycles. The molecular formula is C25H21ClF2N6O3S2. The van der Waals surface area contributed by atoms with Crippen molar-refractivity contribution in [2.45, 2.75) is 31.2 Å². The Morgan fingerprint density at radius 1 is 1.03 bits per heavy atom. The van der Waals surface area contributed by atoms with Crippen molar-refractivity contribution < 1.29 is 21.9 Å². The molecule has 14 heteroatoms. The molecule has 39 heavy (non-hydrogen) atoms. The smallest absolute Gasteiger partial charge is 0.266 e. The van der Waals surface area contributed by atoms with Gasteiger partial charge in [-0.25, -0.2) is 27.2 Å². The first kappa shape index (κ1) is 26.8. The summed E-state index contributed by atoms with van der Waals surface area (Å²) in [5.74, 6) is -1.88. The third-order valence-electron chi connectivity index (χ3n) is 5.34. The molecule has 5 rings (SSSR count). The number of benzene rings is 2. The maximum atomic E-state index is 15.1. The first-order valence-corrected chi connectivity index (χ1v) is 14.0. The van der Waals surface area contributed by atoms with Gasteiger partial charge in [0.05, 0.1) is 6.20 Å². The number of pyridine rings is 1. The zero-order valence-electron chi connectivity index (χ0n) is 20.7. The van der Waals surface area contributed by atoms with Crippen LogP contribution in [0, 0.1) is 11.6 Å². The highest BCUT2D eigenvalue weighted by Crippen LogP contribution is 2.38. The zero-order valence-corrected chi connectivity index (χ0v) is 23.1. The minimum Gasteiger partial charge on any atom is -0.454 e. The maximum absolute atomic E-state index is 15.1. The molecule has 0 bridgehead atoms. The van der Waals surface area contributed by atoms with E-state index in [1.54, 1.807) is 30.5 Å². The molecule has 0 aliphatic carbocycles. The van der Waals surface area contributed by atoms with Crippen molar-refractivity contribution in [1.29, 1.82) is 0 Å². The van der Waals surface area contributed by atoms with Crippen LogP contribution in [0.2, 0.25) is 5.02 Å². The van der Waals surface area contributed by atoms with Crippen LogP contribution in [0.1, 0.15) is 20.8 Å². The van der Waals surface area contributed by atoms with Gasteiger partial charge in [-0.15, -0.1) is 0 Å². The van der Waals surface area contributed by atoms with Crippen molar-refractivity contribution in [3.63, 3.8) is 0 Å². The Labute approximate surface area is 231 Å². The van der Waals surface area contributed by atoms with E-state index in [4.69, 9.17) is 16.3 Å². The number of imidazole rings is 1. The van der Waals surface area contributed by atoms with Crippen molar-refractivity contribution >= 4 is 49.8 Å². The lowest BCUT2D eigenvalue weighted by Crippen LogP contribution is -2.26. The van der Waals surface area contributed by atoms with Gasteiger partial charge in [0.15, 0.2) is 11.6 Å². The van der Waals surface area contributed by atoms with Crippen LogP contribution in [0.25, 0.3) is 16.8 Å². The Morgan fingerprint density at radius 2 is 1.82 bits per heavy atom. The van der Waals surface area contributed by atoms with Crippen molar-refractivity contribution in [2.75, 3.05) is 10.0 Å². The molecule has 0 saturated heterocycles. The number of rotatable bonds is 7. The molecule has 0 saturated carbocycles. The molecule has 0 radical (unpaired) electrons. The van der Waals surface area contributed by atoms with Crippen molar-refractivity contribution in [1.82, 2.24) is 18.7 Å². The summed E-state index contributed by atoms with van der Waals surface area (Å²) in [6, 6.07) is 9.51. The number of halogens is 3. The van der Waals surface area contributed by atoms with Gasteiger partial charge >= 0.3 is 0 Å². The molecule has 0 unspecified atom stereocenters. The lowest BCUT2D eigenvalue weighted by atomic mass is 10.1. The number of nitrogens with zero attached hydrogens (tertiary/aromatic N) is 4. The summed E-state index contributed by atoms with van der Waals surface area (Å²) in [6.07, 6.45) is 4.67. The minimum absolute atomic E-state index is 0.0864. The molecule has 202 valence electrons. The van der Waals surface area contributed by atoms with Gasteiger partial charge in [-0.1, -0.05) is 11.6 Å². The minimum atomic E-state index is -4.46. The fourth-order valence-corrected chi connectivity index (χ4v) is 5.64. The highest BCUT2D eigenvalue weighted by molar-refractivity contribution is 7.93. The average Bonchev–Trinajstić information content (AvgIpc) is 3.50. The summed E-state index contributed by atoms with van der Waals surface area (Å²) >= 11 is 7.02.